The summed E-state index contributed by atoms with van der Waals surface area (Å²) in [6.07, 6.45) is 14.5. The molecule has 660 valence electrons. The maximum atomic E-state index is 13.9. The van der Waals surface area contributed by atoms with Crippen LogP contribution in [-0.2, 0) is 53.7 Å². The molecule has 6 aromatic heterocycles. The predicted octanol–water partition coefficient (Wildman–Crippen LogP) is 15.3. The zero-order chi connectivity index (χ0) is 87.1. The molecule has 18 rings (SSSR count). The highest BCUT2D eigenvalue weighted by Gasteiger charge is 2.37. The number of piperidine rings is 1. The first-order chi connectivity index (χ1) is 60.7. The van der Waals surface area contributed by atoms with Crippen molar-refractivity contribution in [3.05, 3.63) is 283 Å². The lowest BCUT2D eigenvalue weighted by Gasteiger charge is -2.33. The van der Waals surface area contributed by atoms with Crippen molar-refractivity contribution in [2.75, 3.05) is 75.1 Å². The van der Waals surface area contributed by atoms with E-state index < -0.39 is 0 Å². The molecule has 0 radical (unpaired) electrons. The van der Waals surface area contributed by atoms with Gasteiger partial charge in [-0.1, -0.05) is 151 Å². The van der Waals surface area contributed by atoms with Crippen molar-refractivity contribution in [3.63, 3.8) is 0 Å². The van der Waals surface area contributed by atoms with Crippen LogP contribution in [-0.4, -0.2) is 193 Å². The summed E-state index contributed by atoms with van der Waals surface area (Å²) in [7, 11) is 6.29. The monoisotopic (exact) mass is 1720 g/mol. The Hall–Kier alpha value is -14.8. The highest BCUT2D eigenvalue weighted by molar-refractivity contribution is 6.13. The lowest BCUT2D eigenvalue weighted by Crippen LogP contribution is -2.44. The van der Waals surface area contributed by atoms with E-state index in [1.54, 1.807) is 69.7 Å². The number of anilines is 4. The normalized spacial score (nSPS) is 15.3. The van der Waals surface area contributed by atoms with E-state index in [-0.39, 0.29) is 113 Å². The fourth-order valence-electron chi connectivity index (χ4n) is 17.3. The Morgan fingerprint density at radius 3 is 1.04 bits per heavy atom. The first-order valence-electron chi connectivity index (χ1n) is 42.0. The Labute approximate surface area is 743 Å². The van der Waals surface area contributed by atoms with E-state index in [0.29, 0.717) is 131 Å². The number of rotatable bonds is 19. The molecule has 1 saturated carbocycles. The number of hydrogen-bond donors (Lipinski definition) is 9. The molecule has 9 amide bonds. The average molecular weight is 1720 g/mol. The molecule has 29 heteroatoms. The van der Waals surface area contributed by atoms with Crippen LogP contribution in [0.4, 0.5) is 22.7 Å². The lowest BCUT2D eigenvalue weighted by atomic mass is 9.90. The number of nitrogens with zero attached hydrogens (tertiary/aromatic N) is 11. The van der Waals surface area contributed by atoms with Gasteiger partial charge < -0.3 is 85.1 Å². The molecule has 1 saturated heterocycles. The number of aryl methyl sites for hydroxylation is 1. The molecule has 2 fully saturated rings. The number of benzene rings is 7. The van der Waals surface area contributed by atoms with E-state index in [1.807, 2.05) is 145 Å². The maximum Gasteiger partial charge on any atom is 0.276 e. The van der Waals surface area contributed by atoms with E-state index >= 15 is 0 Å². The van der Waals surface area contributed by atoms with Gasteiger partial charge in [-0.3, -0.25) is 43.2 Å². The van der Waals surface area contributed by atoms with Crippen LogP contribution in [0.15, 0.2) is 226 Å². The lowest BCUT2D eigenvalue weighted by molar-refractivity contribution is -0.112. The van der Waals surface area contributed by atoms with Crippen molar-refractivity contribution in [1.29, 1.82) is 0 Å². The molecule has 7 aromatic carbocycles. The average Bonchev–Trinajstić information content (AvgIpc) is 1.59. The summed E-state index contributed by atoms with van der Waals surface area (Å²) >= 11 is 0. The van der Waals surface area contributed by atoms with Gasteiger partial charge in [0, 0.05) is 132 Å². The maximum absolute atomic E-state index is 13.9. The number of likely N-dealkylation sites (tertiary alicyclic amines) is 1. The molecule has 0 unspecified atom stereocenters. The van der Waals surface area contributed by atoms with Gasteiger partial charge >= 0.3 is 0 Å². The van der Waals surface area contributed by atoms with Crippen molar-refractivity contribution < 1.29 is 43.2 Å². The zero-order valence-corrected chi connectivity index (χ0v) is 70.1. The van der Waals surface area contributed by atoms with Crippen LogP contribution in [0.5, 0.6) is 0 Å². The number of hydrogen-bond acceptors (Lipinski definition) is 14. The first-order valence-corrected chi connectivity index (χ1v) is 42.0. The second-order valence-electron chi connectivity index (χ2n) is 32.1. The molecular weight excluding hydrogens is 1610 g/mol. The third-order valence-electron chi connectivity index (χ3n) is 24.0. The number of fused-ring (bicyclic) bond motifs is 6. The molecule has 5 aliphatic rings. The smallest absolute Gasteiger partial charge is 0.276 e. The summed E-state index contributed by atoms with van der Waals surface area (Å²) < 4.78 is 6.15. The van der Waals surface area contributed by atoms with Crippen LogP contribution >= 0.6 is 0 Å². The fourth-order valence-corrected chi connectivity index (χ4v) is 17.3. The van der Waals surface area contributed by atoms with Gasteiger partial charge in [0.05, 0.1) is 36.7 Å². The van der Waals surface area contributed by atoms with E-state index in [0.717, 1.165) is 106 Å². The summed E-state index contributed by atoms with van der Waals surface area (Å²) in [5.74, 6) is -0.0689. The Morgan fingerprint density at radius 1 is 0.383 bits per heavy atom. The molecule has 10 heterocycles. The van der Waals surface area contributed by atoms with E-state index in [2.05, 4.69) is 107 Å². The van der Waals surface area contributed by atoms with Gasteiger partial charge in [0.25, 0.3) is 35.4 Å². The summed E-state index contributed by atoms with van der Waals surface area (Å²) in [5.41, 5.74) is 10.8. The number of aromatic amines is 3. The second-order valence-corrected chi connectivity index (χ2v) is 32.1. The van der Waals surface area contributed by atoms with Crippen molar-refractivity contribution in [2.45, 2.75) is 125 Å². The third-order valence-corrected chi connectivity index (χ3v) is 24.0. The van der Waals surface area contributed by atoms with Crippen LogP contribution in [0, 0.1) is 6.92 Å². The zero-order valence-electron chi connectivity index (χ0n) is 70.1. The minimum atomic E-state index is -0.350. The third kappa shape index (κ3) is 19.2. The van der Waals surface area contributed by atoms with E-state index in [1.165, 1.54) is 18.2 Å². The van der Waals surface area contributed by atoms with Crippen LogP contribution in [0.3, 0.4) is 0 Å². The van der Waals surface area contributed by atoms with Crippen LogP contribution in [0.25, 0.3) is 66.5 Å². The molecule has 1 aliphatic carbocycles. The quantitative estimate of drug-likeness (QED) is 0.0340. The molecule has 9 N–H and O–H groups in total. The number of carbonyl (C=O) groups is 9. The Bertz CT molecular complexity index is 6320. The highest BCUT2D eigenvalue weighted by Crippen LogP contribution is 2.40. The minimum Gasteiger partial charge on any atom is -0.357 e. The largest absolute Gasteiger partial charge is 0.357 e. The van der Waals surface area contributed by atoms with E-state index in [4.69, 9.17) is 15.0 Å². The minimum absolute atomic E-state index is 0. The standard InChI is InChI=1S/C33H37N7O3.C32H28N6O3.C31H33N7O3.3CH4/c1-4-29(41)36-26-11-6-8-23-24(26)9-5-10-25(23)31-37-30(32(42)35-21-13-15-22(16-14-21)38(2)3)28-20-39(18-19-40(28)31)33(43)27-12-7-17-34-27;1-3-28(39)35-25-10-5-7-22-23(25)8-4-9-24(22)30-36-29(31(40)34-21-14-12-20(2)13-15-21)27-19-37(17-18-38(27)30)32(41)26-11-6-16-33-26;1-3-27(39)34-24-10-5-7-21-22(24)8-4-9-23(21)29-35-28(30(40)33-20-12-15-36(2)16-13-20)26-19-37(17-18-38(26)29)31(41)25-11-6-14-32-25;;;/h4-12,17,21-22,34H,1,13-16,18-20H2,2-3H3,(H,35,42)(H,36,41);3-16,33H,1,17-19H2,2H3,(H,34,40)(H,35,39);3-11,14,20,32H,1,12-13,15-19H2,2H3,(H,33,40)(H,34,39);3*1H4. The molecule has 128 heavy (non-hydrogen) atoms. The molecule has 0 bridgehead atoms. The second kappa shape index (κ2) is 40.0. The summed E-state index contributed by atoms with van der Waals surface area (Å²) in [4.78, 5) is 151. The van der Waals surface area contributed by atoms with Gasteiger partial charge in [-0.25, -0.2) is 15.0 Å². The number of aromatic nitrogens is 9. The van der Waals surface area contributed by atoms with Crippen molar-refractivity contribution in [2.24, 2.45) is 0 Å². The summed E-state index contributed by atoms with van der Waals surface area (Å²) in [5, 5.41) is 23.3. The number of carbonyl (C=O) groups excluding carboxylic acids is 9. The summed E-state index contributed by atoms with van der Waals surface area (Å²) in [6, 6.07) is 53.5. The number of imidazole rings is 3. The fraction of sp³-hybridized carbons (Fsp3) is 0.273. The molecule has 29 nitrogen and oxygen atoms in total. The van der Waals surface area contributed by atoms with Gasteiger partial charge in [-0.15, -0.1) is 0 Å². The Balaban J connectivity index is 0.000000162. The van der Waals surface area contributed by atoms with Crippen molar-refractivity contribution >= 4 is 108 Å². The molecule has 0 spiro atoms. The van der Waals surface area contributed by atoms with Gasteiger partial charge in [0.15, 0.2) is 17.1 Å². The van der Waals surface area contributed by atoms with Gasteiger partial charge in [0.2, 0.25) is 17.7 Å². The van der Waals surface area contributed by atoms with Gasteiger partial charge in [0.1, 0.15) is 34.6 Å². The topological polar surface area (TPSA) is 343 Å². The molecule has 0 atom stereocenters. The SMILES string of the molecule is C.C.C.C=CC(=O)Nc1cccc2c(-c3nc(C(=O)NC4CCC(N(C)C)CC4)c4n3CCN(C(=O)c3ccc[nH]3)C4)cccc12.C=CC(=O)Nc1cccc2c(-c3nc(C(=O)NC4CCN(C)CC4)c4n3CCN(C(=O)c3ccc[nH]3)C4)cccc12.C=CC(=O)Nc1cccc2c(-c3nc(C(=O)Nc4ccc(C)cc4)c4n3CCN(C(=O)c3ccc[nH]3)C4)cccc12. The van der Waals surface area contributed by atoms with E-state index in [9.17, 15) is 43.2 Å². The van der Waals surface area contributed by atoms with Crippen LogP contribution in [0.1, 0.15) is 146 Å². The number of amides is 9. The Kier molecular flexibility index (Phi) is 28.4. The molecular formula is C99H110N20O9. The van der Waals surface area contributed by atoms with Crippen molar-refractivity contribution in [1.82, 2.24) is 78.7 Å². The van der Waals surface area contributed by atoms with Gasteiger partial charge in [-0.05, 0) is 181 Å². The number of H-pyrrole nitrogens is 3. The van der Waals surface area contributed by atoms with Crippen molar-refractivity contribution in [3.8, 4) is 34.2 Å². The number of nitrogens with one attached hydrogen (secondary N) is 9. The predicted molar refractivity (Wildman–Crippen MR) is 503 cm³/mol. The first kappa shape index (κ1) is 90.9. The van der Waals surface area contributed by atoms with Crippen LogP contribution < -0.4 is 31.9 Å². The van der Waals surface area contributed by atoms with Crippen LogP contribution in [0.2, 0.25) is 0 Å². The van der Waals surface area contributed by atoms with Gasteiger partial charge in [-0.2, -0.15) is 0 Å². The Morgan fingerprint density at radius 2 is 0.711 bits per heavy atom. The highest BCUT2D eigenvalue weighted by atomic mass is 16.2. The molecule has 4 aliphatic heterocycles. The summed E-state index contributed by atoms with van der Waals surface area (Å²) in [6.45, 7) is 18.1. The molecule has 13 aromatic rings.